The monoisotopic (exact) mass is 345 g/mol. The first-order chi connectivity index (χ1) is 11.5. The van der Waals surface area contributed by atoms with Crippen molar-refractivity contribution in [3.8, 4) is 22.8 Å². The topological polar surface area (TPSA) is 57.0 Å². The van der Waals surface area contributed by atoms with Crippen LogP contribution in [-0.4, -0.2) is 27.8 Å². The van der Waals surface area contributed by atoms with Crippen molar-refractivity contribution in [3.63, 3.8) is 0 Å². The van der Waals surface area contributed by atoms with Gasteiger partial charge in [-0.15, -0.1) is 0 Å². The summed E-state index contributed by atoms with van der Waals surface area (Å²) in [4.78, 5) is 15.9. The molecule has 24 heavy (non-hydrogen) atoms. The highest BCUT2D eigenvalue weighted by Crippen LogP contribution is 2.30. The molecule has 0 bridgehead atoms. The van der Waals surface area contributed by atoms with Gasteiger partial charge >= 0.3 is 5.97 Å². The lowest BCUT2D eigenvalue weighted by atomic mass is 10.1. The Hall–Kier alpha value is -2.73. The first-order valence-electron chi connectivity index (χ1n) is 7.05. The van der Waals surface area contributed by atoms with Gasteiger partial charge in [0.15, 0.2) is 11.6 Å². The highest BCUT2D eigenvalue weighted by molar-refractivity contribution is 6.33. The van der Waals surface area contributed by atoms with E-state index in [0.29, 0.717) is 11.4 Å². The van der Waals surface area contributed by atoms with Crippen LogP contribution in [0.2, 0.25) is 5.02 Å². The molecular weight excluding hydrogens is 333 g/mol. The number of methoxy groups -OCH3 is 1. The lowest BCUT2D eigenvalue weighted by Gasteiger charge is -2.02. The van der Waals surface area contributed by atoms with Crippen LogP contribution >= 0.6 is 11.6 Å². The number of hydrogen-bond donors (Lipinski definition) is 0. The summed E-state index contributed by atoms with van der Waals surface area (Å²) in [6, 6.07) is 11.1. The van der Waals surface area contributed by atoms with E-state index in [1.165, 1.54) is 23.9 Å². The maximum absolute atomic E-state index is 14.0. The van der Waals surface area contributed by atoms with E-state index in [9.17, 15) is 9.18 Å². The summed E-state index contributed by atoms with van der Waals surface area (Å²) in [6.07, 6.45) is 0. The summed E-state index contributed by atoms with van der Waals surface area (Å²) in [5, 5.41) is 4.49. The molecule has 0 atom stereocenters. The van der Waals surface area contributed by atoms with Crippen LogP contribution in [0.15, 0.2) is 42.5 Å². The molecule has 122 valence electrons. The minimum absolute atomic E-state index is 0.159. The number of ether oxygens (including phenoxy) is 1. The van der Waals surface area contributed by atoms with Crippen LogP contribution in [0, 0.1) is 5.82 Å². The van der Waals surface area contributed by atoms with Crippen molar-refractivity contribution in [1.82, 2.24) is 14.8 Å². The molecule has 0 aliphatic carbocycles. The van der Waals surface area contributed by atoms with Gasteiger partial charge in [-0.3, -0.25) is 0 Å². The fourth-order valence-corrected chi connectivity index (χ4v) is 2.57. The molecular formula is C17H13ClFN3O2. The number of rotatable bonds is 3. The standard InChI is InChI=1S/C17H13ClFN3O2/c1-22-16(10-6-8-11(9-7-10)17(23)24-2)20-15(21-22)14-12(18)4-3-5-13(14)19/h3-9H,1-2H3. The van der Waals surface area contributed by atoms with Crippen LogP contribution < -0.4 is 0 Å². The zero-order chi connectivity index (χ0) is 17.3. The van der Waals surface area contributed by atoms with Crippen molar-refractivity contribution in [1.29, 1.82) is 0 Å². The quantitative estimate of drug-likeness (QED) is 0.679. The molecule has 1 aromatic heterocycles. The Morgan fingerprint density at radius 1 is 1.21 bits per heavy atom. The number of benzene rings is 2. The number of esters is 1. The van der Waals surface area contributed by atoms with E-state index >= 15 is 0 Å². The van der Waals surface area contributed by atoms with Gasteiger partial charge in [0.05, 0.1) is 23.3 Å². The summed E-state index contributed by atoms with van der Waals surface area (Å²) in [5.41, 5.74) is 1.32. The number of carbonyl (C=O) groups is 1. The van der Waals surface area contributed by atoms with Gasteiger partial charge < -0.3 is 4.74 Å². The van der Waals surface area contributed by atoms with Crippen molar-refractivity contribution in [2.45, 2.75) is 0 Å². The van der Waals surface area contributed by atoms with E-state index in [1.807, 2.05) is 0 Å². The third kappa shape index (κ3) is 2.88. The van der Waals surface area contributed by atoms with Crippen LogP contribution in [-0.2, 0) is 11.8 Å². The van der Waals surface area contributed by atoms with Gasteiger partial charge in [-0.05, 0) is 24.3 Å². The molecule has 2 aromatic carbocycles. The molecule has 0 aliphatic rings. The average Bonchev–Trinajstić information content (AvgIpc) is 2.95. The van der Waals surface area contributed by atoms with E-state index in [0.717, 1.165) is 5.56 Å². The number of carbonyl (C=O) groups excluding carboxylic acids is 1. The molecule has 0 saturated heterocycles. The number of aryl methyl sites for hydroxylation is 1. The Labute approximate surface area is 142 Å². The third-order valence-electron chi connectivity index (χ3n) is 3.51. The Bertz CT molecular complexity index is 886. The summed E-state index contributed by atoms with van der Waals surface area (Å²) >= 11 is 6.06. The maximum Gasteiger partial charge on any atom is 0.337 e. The number of halogens is 2. The lowest BCUT2D eigenvalue weighted by molar-refractivity contribution is 0.0601. The molecule has 0 radical (unpaired) electrons. The zero-order valence-electron chi connectivity index (χ0n) is 13.0. The van der Waals surface area contributed by atoms with E-state index in [-0.39, 0.29) is 16.4 Å². The van der Waals surface area contributed by atoms with E-state index in [1.54, 1.807) is 37.4 Å². The molecule has 0 fully saturated rings. The molecule has 0 saturated carbocycles. The molecule has 0 N–H and O–H groups in total. The van der Waals surface area contributed by atoms with Crippen molar-refractivity contribution >= 4 is 17.6 Å². The van der Waals surface area contributed by atoms with Crippen molar-refractivity contribution in [3.05, 3.63) is 58.9 Å². The minimum Gasteiger partial charge on any atom is -0.465 e. The fourth-order valence-electron chi connectivity index (χ4n) is 2.33. The SMILES string of the molecule is COC(=O)c1ccc(-c2nc(-c3c(F)cccc3Cl)nn2C)cc1. The van der Waals surface area contributed by atoms with Crippen molar-refractivity contribution in [2.24, 2.45) is 7.05 Å². The molecule has 3 rings (SSSR count). The Balaban J connectivity index is 2.02. The summed E-state index contributed by atoms with van der Waals surface area (Å²) in [6.45, 7) is 0. The molecule has 5 nitrogen and oxygen atoms in total. The zero-order valence-corrected chi connectivity index (χ0v) is 13.7. The Kier molecular flexibility index (Phi) is 4.31. The van der Waals surface area contributed by atoms with Gasteiger partial charge in [0.2, 0.25) is 0 Å². The summed E-state index contributed by atoms with van der Waals surface area (Å²) in [5.74, 6) is -0.174. The summed E-state index contributed by atoms with van der Waals surface area (Å²) in [7, 11) is 3.03. The number of nitrogens with zero attached hydrogens (tertiary/aromatic N) is 3. The third-order valence-corrected chi connectivity index (χ3v) is 3.83. The van der Waals surface area contributed by atoms with Gasteiger partial charge in [0.25, 0.3) is 0 Å². The Morgan fingerprint density at radius 2 is 1.92 bits per heavy atom. The van der Waals surface area contributed by atoms with Crippen LogP contribution in [0.3, 0.4) is 0 Å². The average molecular weight is 346 g/mol. The van der Waals surface area contributed by atoms with Gasteiger partial charge in [-0.2, -0.15) is 5.10 Å². The van der Waals surface area contributed by atoms with Crippen LogP contribution in [0.25, 0.3) is 22.8 Å². The largest absolute Gasteiger partial charge is 0.465 e. The highest BCUT2D eigenvalue weighted by atomic mass is 35.5. The molecule has 0 spiro atoms. The lowest BCUT2D eigenvalue weighted by Crippen LogP contribution is -2.01. The predicted octanol–water partition coefficient (Wildman–Crippen LogP) is 3.73. The highest BCUT2D eigenvalue weighted by Gasteiger charge is 2.17. The molecule has 3 aromatic rings. The second-order valence-corrected chi connectivity index (χ2v) is 5.46. The first-order valence-corrected chi connectivity index (χ1v) is 7.43. The fraction of sp³-hybridized carbons (Fsp3) is 0.118. The molecule has 0 unspecified atom stereocenters. The van der Waals surface area contributed by atoms with Crippen LogP contribution in [0.1, 0.15) is 10.4 Å². The van der Waals surface area contributed by atoms with Crippen LogP contribution in [0.5, 0.6) is 0 Å². The predicted molar refractivity (Wildman–Crippen MR) is 88.2 cm³/mol. The smallest absolute Gasteiger partial charge is 0.337 e. The van der Waals surface area contributed by atoms with Crippen LogP contribution in [0.4, 0.5) is 4.39 Å². The molecule has 7 heteroatoms. The Morgan fingerprint density at radius 3 is 2.54 bits per heavy atom. The normalized spacial score (nSPS) is 10.7. The molecule has 0 amide bonds. The van der Waals surface area contributed by atoms with Gasteiger partial charge in [-0.25, -0.2) is 18.9 Å². The van der Waals surface area contributed by atoms with Crippen molar-refractivity contribution < 1.29 is 13.9 Å². The van der Waals surface area contributed by atoms with E-state index in [2.05, 4.69) is 14.8 Å². The second-order valence-electron chi connectivity index (χ2n) is 5.05. The number of hydrogen-bond acceptors (Lipinski definition) is 4. The number of aromatic nitrogens is 3. The maximum atomic E-state index is 14.0. The van der Waals surface area contributed by atoms with E-state index < -0.39 is 11.8 Å². The van der Waals surface area contributed by atoms with Gasteiger partial charge in [0.1, 0.15) is 5.82 Å². The first kappa shape index (κ1) is 16.1. The summed E-state index contributed by atoms with van der Waals surface area (Å²) < 4.78 is 20.2. The molecule has 0 aliphatic heterocycles. The van der Waals surface area contributed by atoms with Gasteiger partial charge in [0, 0.05) is 12.6 Å². The van der Waals surface area contributed by atoms with Gasteiger partial charge in [-0.1, -0.05) is 29.8 Å². The molecule has 1 heterocycles. The second kappa shape index (κ2) is 6.41. The van der Waals surface area contributed by atoms with E-state index in [4.69, 9.17) is 11.6 Å². The minimum atomic E-state index is -0.485. The van der Waals surface area contributed by atoms with Crippen molar-refractivity contribution in [2.75, 3.05) is 7.11 Å².